The number of rotatable bonds is 3. The molecule has 0 radical (unpaired) electrons. The Morgan fingerprint density at radius 2 is 2.31 bits per heavy atom. The van der Waals surface area contributed by atoms with Gasteiger partial charge in [0.05, 0.1) is 6.42 Å². The molecule has 0 aromatic carbocycles. The summed E-state index contributed by atoms with van der Waals surface area (Å²) in [6.07, 6.45) is 5.67. The lowest BCUT2D eigenvalue weighted by Crippen LogP contribution is -2.39. The first kappa shape index (κ1) is 11.1. The molecule has 0 unspecified atom stereocenters. The maximum Gasteiger partial charge on any atom is 0.224 e. The number of carbonyl (C=O) groups excluding carboxylic acids is 1. The van der Waals surface area contributed by atoms with Gasteiger partial charge in [0.25, 0.3) is 0 Å². The Bertz CT molecular complexity index is 334. The SMILES string of the molecule is O=C(Cc1cccnc1)NC1CCOCC1. The highest BCUT2D eigenvalue weighted by Gasteiger charge is 2.15. The smallest absolute Gasteiger partial charge is 0.224 e. The summed E-state index contributed by atoms with van der Waals surface area (Å²) in [5.74, 6) is 0.0694. The maximum absolute atomic E-state index is 11.7. The Morgan fingerprint density at radius 3 is 3.00 bits per heavy atom. The Kier molecular flexibility index (Phi) is 3.88. The fourth-order valence-electron chi connectivity index (χ4n) is 1.81. The second-order valence-corrected chi connectivity index (χ2v) is 3.99. The third-order valence-electron chi connectivity index (χ3n) is 2.67. The molecule has 2 rings (SSSR count). The molecule has 1 amide bonds. The number of nitrogens with zero attached hydrogens (tertiary/aromatic N) is 1. The summed E-state index contributed by atoms with van der Waals surface area (Å²) in [6.45, 7) is 1.50. The van der Waals surface area contributed by atoms with Crippen LogP contribution in [-0.2, 0) is 16.0 Å². The first-order chi connectivity index (χ1) is 7.84. The first-order valence-corrected chi connectivity index (χ1v) is 5.60. The molecule has 0 atom stereocenters. The van der Waals surface area contributed by atoms with E-state index in [9.17, 15) is 4.79 Å². The lowest BCUT2D eigenvalue weighted by molar-refractivity contribution is -0.121. The van der Waals surface area contributed by atoms with Crippen molar-refractivity contribution in [3.63, 3.8) is 0 Å². The zero-order valence-corrected chi connectivity index (χ0v) is 9.19. The predicted octanol–water partition coefficient (Wildman–Crippen LogP) is 0.919. The molecule has 0 aliphatic carbocycles. The van der Waals surface area contributed by atoms with Crippen LogP contribution in [-0.4, -0.2) is 30.1 Å². The van der Waals surface area contributed by atoms with E-state index >= 15 is 0 Å². The van der Waals surface area contributed by atoms with Crippen LogP contribution in [0.5, 0.6) is 0 Å². The van der Waals surface area contributed by atoms with Crippen LogP contribution >= 0.6 is 0 Å². The number of pyridine rings is 1. The third kappa shape index (κ3) is 3.31. The largest absolute Gasteiger partial charge is 0.381 e. The molecule has 0 saturated carbocycles. The van der Waals surface area contributed by atoms with Crippen molar-refractivity contribution in [1.82, 2.24) is 10.3 Å². The van der Waals surface area contributed by atoms with E-state index in [1.54, 1.807) is 12.4 Å². The molecule has 2 heterocycles. The van der Waals surface area contributed by atoms with Crippen LogP contribution < -0.4 is 5.32 Å². The molecule has 1 saturated heterocycles. The first-order valence-electron chi connectivity index (χ1n) is 5.60. The van der Waals surface area contributed by atoms with Gasteiger partial charge in [0.15, 0.2) is 0 Å². The van der Waals surface area contributed by atoms with Gasteiger partial charge in [0.1, 0.15) is 0 Å². The molecule has 1 aromatic heterocycles. The van der Waals surface area contributed by atoms with Gasteiger partial charge in [-0.2, -0.15) is 0 Å². The second-order valence-electron chi connectivity index (χ2n) is 3.99. The van der Waals surface area contributed by atoms with Gasteiger partial charge in [0.2, 0.25) is 5.91 Å². The third-order valence-corrected chi connectivity index (χ3v) is 2.67. The molecule has 1 fully saturated rings. The minimum atomic E-state index is 0.0694. The van der Waals surface area contributed by atoms with Crippen LogP contribution in [0.15, 0.2) is 24.5 Å². The number of carbonyl (C=O) groups is 1. The molecule has 1 aliphatic rings. The molecule has 0 bridgehead atoms. The molecule has 4 nitrogen and oxygen atoms in total. The van der Waals surface area contributed by atoms with Crippen molar-refractivity contribution in [3.8, 4) is 0 Å². The second kappa shape index (κ2) is 5.61. The van der Waals surface area contributed by atoms with Crippen LogP contribution in [0.1, 0.15) is 18.4 Å². The van der Waals surface area contributed by atoms with Gasteiger partial charge in [-0.25, -0.2) is 0 Å². The highest BCUT2D eigenvalue weighted by atomic mass is 16.5. The number of hydrogen-bond donors (Lipinski definition) is 1. The van der Waals surface area contributed by atoms with Gasteiger partial charge in [0, 0.05) is 31.6 Å². The van der Waals surface area contributed by atoms with E-state index in [0.29, 0.717) is 6.42 Å². The summed E-state index contributed by atoms with van der Waals surface area (Å²) >= 11 is 0. The van der Waals surface area contributed by atoms with E-state index in [0.717, 1.165) is 31.6 Å². The zero-order valence-electron chi connectivity index (χ0n) is 9.19. The van der Waals surface area contributed by atoms with Crippen molar-refractivity contribution >= 4 is 5.91 Å². The Hall–Kier alpha value is -1.42. The summed E-state index contributed by atoms with van der Waals surface area (Å²) in [5, 5.41) is 3.02. The maximum atomic E-state index is 11.7. The summed E-state index contributed by atoms with van der Waals surface area (Å²) in [4.78, 5) is 15.7. The molecular weight excluding hydrogens is 204 g/mol. The minimum Gasteiger partial charge on any atom is -0.381 e. The van der Waals surface area contributed by atoms with E-state index < -0.39 is 0 Å². The average molecular weight is 220 g/mol. The fourth-order valence-corrected chi connectivity index (χ4v) is 1.81. The van der Waals surface area contributed by atoms with E-state index in [1.165, 1.54) is 0 Å². The Labute approximate surface area is 95.0 Å². The van der Waals surface area contributed by atoms with E-state index in [1.807, 2.05) is 12.1 Å². The lowest BCUT2D eigenvalue weighted by atomic mass is 10.1. The van der Waals surface area contributed by atoms with E-state index in [-0.39, 0.29) is 11.9 Å². The highest BCUT2D eigenvalue weighted by Crippen LogP contribution is 2.06. The number of ether oxygens (including phenoxy) is 1. The molecular formula is C12H16N2O2. The molecule has 1 N–H and O–H groups in total. The number of amides is 1. The van der Waals surface area contributed by atoms with Crippen molar-refractivity contribution in [3.05, 3.63) is 30.1 Å². The topological polar surface area (TPSA) is 51.2 Å². The number of aromatic nitrogens is 1. The molecule has 0 spiro atoms. The Morgan fingerprint density at radius 1 is 1.50 bits per heavy atom. The minimum absolute atomic E-state index is 0.0694. The molecule has 86 valence electrons. The van der Waals surface area contributed by atoms with Gasteiger partial charge >= 0.3 is 0 Å². The predicted molar refractivity (Wildman–Crippen MR) is 59.9 cm³/mol. The van der Waals surface area contributed by atoms with Crippen LogP contribution in [0.25, 0.3) is 0 Å². The van der Waals surface area contributed by atoms with Crippen LogP contribution in [0, 0.1) is 0 Å². The van der Waals surface area contributed by atoms with Gasteiger partial charge in [-0.05, 0) is 24.5 Å². The summed E-state index contributed by atoms with van der Waals surface area (Å²) < 4.78 is 5.24. The zero-order chi connectivity index (χ0) is 11.2. The monoisotopic (exact) mass is 220 g/mol. The van der Waals surface area contributed by atoms with Gasteiger partial charge in [-0.1, -0.05) is 6.07 Å². The lowest BCUT2D eigenvalue weighted by Gasteiger charge is -2.23. The van der Waals surface area contributed by atoms with E-state index in [4.69, 9.17) is 4.74 Å². The molecule has 16 heavy (non-hydrogen) atoms. The van der Waals surface area contributed by atoms with Crippen LogP contribution in [0.2, 0.25) is 0 Å². The van der Waals surface area contributed by atoms with Crippen LogP contribution in [0.4, 0.5) is 0 Å². The Balaban J connectivity index is 1.80. The quantitative estimate of drug-likeness (QED) is 0.824. The van der Waals surface area contributed by atoms with Crippen molar-refractivity contribution in [2.45, 2.75) is 25.3 Å². The van der Waals surface area contributed by atoms with Crippen molar-refractivity contribution in [1.29, 1.82) is 0 Å². The van der Waals surface area contributed by atoms with Gasteiger partial charge in [-0.3, -0.25) is 9.78 Å². The van der Waals surface area contributed by atoms with Crippen molar-refractivity contribution < 1.29 is 9.53 Å². The summed E-state index contributed by atoms with van der Waals surface area (Å²) in [6, 6.07) is 4.03. The fraction of sp³-hybridized carbons (Fsp3) is 0.500. The standard InChI is InChI=1S/C12H16N2O2/c15-12(8-10-2-1-5-13-9-10)14-11-3-6-16-7-4-11/h1-2,5,9,11H,3-4,6-8H2,(H,14,15). The summed E-state index contributed by atoms with van der Waals surface area (Å²) in [5.41, 5.74) is 0.951. The van der Waals surface area contributed by atoms with Crippen molar-refractivity contribution in [2.24, 2.45) is 0 Å². The summed E-state index contributed by atoms with van der Waals surface area (Å²) in [7, 11) is 0. The highest BCUT2D eigenvalue weighted by molar-refractivity contribution is 5.78. The average Bonchev–Trinajstić information content (AvgIpc) is 2.31. The van der Waals surface area contributed by atoms with Gasteiger partial charge in [-0.15, -0.1) is 0 Å². The molecule has 1 aliphatic heterocycles. The normalized spacial score (nSPS) is 17.0. The van der Waals surface area contributed by atoms with Gasteiger partial charge < -0.3 is 10.1 Å². The van der Waals surface area contributed by atoms with E-state index in [2.05, 4.69) is 10.3 Å². The van der Waals surface area contributed by atoms with Crippen LogP contribution in [0.3, 0.4) is 0 Å². The number of hydrogen-bond acceptors (Lipinski definition) is 3. The molecule has 1 aromatic rings. The van der Waals surface area contributed by atoms with Crippen molar-refractivity contribution in [2.75, 3.05) is 13.2 Å². The molecule has 4 heteroatoms. The number of nitrogens with one attached hydrogen (secondary N) is 1.